The predicted octanol–water partition coefficient (Wildman–Crippen LogP) is 1.61. The lowest BCUT2D eigenvalue weighted by atomic mass is 10.1. The Hall–Kier alpha value is -0.950. The van der Waals surface area contributed by atoms with Crippen molar-refractivity contribution in [1.82, 2.24) is 5.43 Å². The maximum atomic E-state index is 11.3. The number of hydrogen-bond acceptors (Lipinski definition) is 4. The molecule has 0 spiro atoms. The van der Waals surface area contributed by atoms with Gasteiger partial charge in [0.1, 0.15) is 0 Å². The number of amides is 1. The molecule has 0 saturated carbocycles. The molecule has 1 aromatic rings. The number of halogens is 1. The van der Waals surface area contributed by atoms with Crippen molar-refractivity contribution in [1.29, 1.82) is 0 Å². The molecule has 0 aromatic heterocycles. The van der Waals surface area contributed by atoms with Crippen molar-refractivity contribution in [3.63, 3.8) is 0 Å². The maximum Gasteiger partial charge on any atom is 0.265 e. The zero-order valence-electron chi connectivity index (χ0n) is 10.2. The Labute approximate surface area is 115 Å². The molecule has 0 aliphatic carbocycles. The predicted molar refractivity (Wildman–Crippen MR) is 71.9 cm³/mol. The summed E-state index contributed by atoms with van der Waals surface area (Å²) in [6.07, 6.45) is 0.863. The van der Waals surface area contributed by atoms with Crippen LogP contribution in [0.1, 0.15) is 22.3 Å². The molecule has 0 bridgehead atoms. The average Bonchev–Trinajstić information content (AvgIpc) is 2.39. The Morgan fingerprint density at radius 3 is 2.83 bits per heavy atom. The summed E-state index contributed by atoms with van der Waals surface area (Å²) < 4.78 is 11.2. The minimum Gasteiger partial charge on any atom is -0.385 e. The summed E-state index contributed by atoms with van der Waals surface area (Å²) in [4.78, 5) is 11.3. The highest BCUT2D eigenvalue weighted by Gasteiger charge is 2.07. The monoisotopic (exact) mass is 316 g/mol. The van der Waals surface area contributed by atoms with Crippen molar-refractivity contribution in [2.45, 2.75) is 13.0 Å². The largest absolute Gasteiger partial charge is 0.385 e. The molecular weight excluding hydrogens is 300 g/mol. The van der Waals surface area contributed by atoms with Crippen LogP contribution in [0.15, 0.2) is 22.7 Å². The van der Waals surface area contributed by atoms with Crippen molar-refractivity contribution in [3.05, 3.63) is 33.8 Å². The van der Waals surface area contributed by atoms with Crippen molar-refractivity contribution in [3.8, 4) is 0 Å². The number of hydrazine groups is 1. The van der Waals surface area contributed by atoms with Crippen LogP contribution in [0.5, 0.6) is 0 Å². The number of carbonyl (C=O) groups excluding carboxylic acids is 1. The Bertz CT molecular complexity index is 399. The van der Waals surface area contributed by atoms with E-state index in [9.17, 15) is 4.79 Å². The van der Waals surface area contributed by atoms with E-state index in [-0.39, 0.29) is 5.91 Å². The van der Waals surface area contributed by atoms with Gasteiger partial charge in [-0.25, -0.2) is 5.84 Å². The highest BCUT2D eigenvalue weighted by molar-refractivity contribution is 9.10. The van der Waals surface area contributed by atoms with Gasteiger partial charge in [-0.2, -0.15) is 0 Å². The standard InChI is InChI=1S/C12H17BrN2O3/c1-17-5-2-6-18-8-10-4-3-9(7-11(10)13)12(16)15-14/h3-4,7H,2,5-6,8,14H2,1H3,(H,15,16). The van der Waals surface area contributed by atoms with E-state index >= 15 is 0 Å². The van der Waals surface area contributed by atoms with Crippen LogP contribution >= 0.6 is 15.9 Å². The number of nitrogens with one attached hydrogen (secondary N) is 1. The van der Waals surface area contributed by atoms with Gasteiger partial charge in [0.05, 0.1) is 6.61 Å². The van der Waals surface area contributed by atoms with Gasteiger partial charge in [0, 0.05) is 30.4 Å². The van der Waals surface area contributed by atoms with Crippen molar-refractivity contribution in [2.75, 3.05) is 20.3 Å². The van der Waals surface area contributed by atoms with E-state index in [1.54, 1.807) is 19.2 Å². The molecular formula is C12H17BrN2O3. The van der Waals surface area contributed by atoms with E-state index < -0.39 is 0 Å². The first-order valence-electron chi connectivity index (χ1n) is 5.55. The van der Waals surface area contributed by atoms with E-state index in [2.05, 4.69) is 21.4 Å². The lowest BCUT2D eigenvalue weighted by Gasteiger charge is -2.08. The number of hydrogen-bond donors (Lipinski definition) is 2. The number of ether oxygens (including phenoxy) is 2. The number of nitrogens with two attached hydrogens (primary N) is 1. The molecule has 0 atom stereocenters. The van der Waals surface area contributed by atoms with Crippen molar-refractivity contribution < 1.29 is 14.3 Å². The third kappa shape index (κ3) is 4.73. The van der Waals surface area contributed by atoms with Gasteiger partial charge in [-0.3, -0.25) is 10.2 Å². The molecule has 6 heteroatoms. The molecule has 1 rings (SSSR count). The van der Waals surface area contributed by atoms with Gasteiger partial charge in [-0.1, -0.05) is 22.0 Å². The third-order valence-electron chi connectivity index (χ3n) is 2.34. The van der Waals surface area contributed by atoms with Crippen LogP contribution in [-0.2, 0) is 16.1 Å². The molecule has 0 fully saturated rings. The fourth-order valence-corrected chi connectivity index (χ4v) is 1.87. The summed E-state index contributed by atoms with van der Waals surface area (Å²) in [5, 5.41) is 0. The normalized spacial score (nSPS) is 10.4. The van der Waals surface area contributed by atoms with Gasteiger partial charge in [0.15, 0.2) is 0 Å². The average molecular weight is 317 g/mol. The highest BCUT2D eigenvalue weighted by Crippen LogP contribution is 2.19. The first-order chi connectivity index (χ1) is 8.69. The van der Waals surface area contributed by atoms with Gasteiger partial charge in [0.2, 0.25) is 0 Å². The molecule has 0 heterocycles. The molecule has 5 nitrogen and oxygen atoms in total. The van der Waals surface area contributed by atoms with Crippen LogP contribution < -0.4 is 11.3 Å². The van der Waals surface area contributed by atoms with Crippen molar-refractivity contribution in [2.24, 2.45) is 5.84 Å². The molecule has 1 amide bonds. The second-order valence-electron chi connectivity index (χ2n) is 3.68. The molecule has 0 aliphatic rings. The number of methoxy groups -OCH3 is 1. The zero-order chi connectivity index (χ0) is 13.4. The summed E-state index contributed by atoms with van der Waals surface area (Å²) in [5.74, 6) is 4.75. The van der Waals surface area contributed by atoms with E-state index in [1.165, 1.54) is 0 Å². The first-order valence-corrected chi connectivity index (χ1v) is 6.34. The van der Waals surface area contributed by atoms with Crippen LogP contribution in [0.2, 0.25) is 0 Å². The number of benzene rings is 1. The molecule has 100 valence electrons. The molecule has 0 saturated heterocycles. The molecule has 1 aromatic carbocycles. The first kappa shape index (κ1) is 15.1. The summed E-state index contributed by atoms with van der Waals surface area (Å²) in [7, 11) is 1.66. The Balaban J connectivity index is 2.49. The van der Waals surface area contributed by atoms with Crippen LogP contribution in [0, 0.1) is 0 Å². The van der Waals surface area contributed by atoms with E-state index in [1.807, 2.05) is 6.07 Å². The van der Waals surface area contributed by atoms with Crippen LogP contribution in [0.3, 0.4) is 0 Å². The SMILES string of the molecule is COCCCOCc1ccc(C(=O)NN)cc1Br. The van der Waals surface area contributed by atoms with Gasteiger partial charge >= 0.3 is 0 Å². The van der Waals surface area contributed by atoms with Gasteiger partial charge in [0.25, 0.3) is 5.91 Å². The van der Waals surface area contributed by atoms with Gasteiger partial charge in [-0.05, 0) is 24.1 Å². The second kappa shape index (κ2) is 8.20. The highest BCUT2D eigenvalue weighted by atomic mass is 79.9. The number of nitrogen functional groups attached to an aromatic ring is 1. The Morgan fingerprint density at radius 2 is 2.22 bits per heavy atom. The summed E-state index contributed by atoms with van der Waals surface area (Å²) in [6.45, 7) is 1.83. The van der Waals surface area contributed by atoms with Gasteiger partial charge < -0.3 is 9.47 Å². The minimum absolute atomic E-state index is 0.316. The second-order valence-corrected chi connectivity index (χ2v) is 4.53. The van der Waals surface area contributed by atoms with Crippen LogP contribution in [0.4, 0.5) is 0 Å². The molecule has 0 radical (unpaired) electrons. The smallest absolute Gasteiger partial charge is 0.265 e. The summed E-state index contributed by atoms with van der Waals surface area (Å²) in [5.41, 5.74) is 3.58. The quantitative estimate of drug-likeness (QED) is 0.347. The molecule has 3 N–H and O–H groups in total. The fraction of sp³-hybridized carbons (Fsp3) is 0.417. The Kier molecular flexibility index (Phi) is 6.89. The fourth-order valence-electron chi connectivity index (χ4n) is 1.38. The lowest BCUT2D eigenvalue weighted by molar-refractivity contribution is 0.0922. The molecule has 0 aliphatic heterocycles. The van der Waals surface area contributed by atoms with E-state index in [4.69, 9.17) is 15.3 Å². The van der Waals surface area contributed by atoms with E-state index in [0.29, 0.717) is 25.4 Å². The summed E-state index contributed by atoms with van der Waals surface area (Å²) >= 11 is 3.40. The lowest BCUT2D eigenvalue weighted by Crippen LogP contribution is -2.29. The van der Waals surface area contributed by atoms with E-state index in [0.717, 1.165) is 16.5 Å². The molecule has 0 unspecified atom stereocenters. The minimum atomic E-state index is -0.316. The molecule has 18 heavy (non-hydrogen) atoms. The number of carbonyl (C=O) groups is 1. The maximum absolute atomic E-state index is 11.3. The zero-order valence-corrected chi connectivity index (χ0v) is 11.8. The van der Waals surface area contributed by atoms with Crippen molar-refractivity contribution >= 4 is 21.8 Å². The number of rotatable bonds is 7. The summed E-state index contributed by atoms with van der Waals surface area (Å²) in [6, 6.07) is 5.27. The van der Waals surface area contributed by atoms with Crippen LogP contribution in [-0.4, -0.2) is 26.2 Å². The topological polar surface area (TPSA) is 73.6 Å². The Morgan fingerprint density at radius 1 is 1.44 bits per heavy atom. The van der Waals surface area contributed by atoms with Gasteiger partial charge in [-0.15, -0.1) is 0 Å². The van der Waals surface area contributed by atoms with Crippen LogP contribution in [0.25, 0.3) is 0 Å². The third-order valence-corrected chi connectivity index (χ3v) is 3.08.